The summed E-state index contributed by atoms with van der Waals surface area (Å²) in [7, 11) is 0. The smallest absolute Gasteiger partial charge is 0.434 e. The molecule has 0 aliphatic carbocycles. The van der Waals surface area contributed by atoms with Gasteiger partial charge in [0, 0.05) is 0 Å². The van der Waals surface area contributed by atoms with Crippen LogP contribution >= 0.6 is 0 Å². The van der Waals surface area contributed by atoms with Crippen LogP contribution < -0.4 is 30.7 Å². The van der Waals surface area contributed by atoms with Gasteiger partial charge in [-0.2, -0.15) is 0 Å². The van der Waals surface area contributed by atoms with Crippen LogP contribution in [0, 0.1) is 13.1 Å². The first-order valence-electron chi connectivity index (χ1n) is 9.21. The number of halogens is 1. The lowest BCUT2D eigenvalue weighted by Crippen LogP contribution is -3.61. The van der Waals surface area contributed by atoms with E-state index in [-0.39, 0.29) is 5.92 Å². The molecule has 7 heteroatoms. The van der Waals surface area contributed by atoms with E-state index in [4.69, 9.17) is 18.9 Å². The van der Waals surface area contributed by atoms with E-state index in [0.717, 1.165) is 7.14 Å². The lowest BCUT2D eigenvalue weighted by molar-refractivity contribution is -0.597. The number of benzene rings is 2. The molecule has 0 aliphatic heterocycles. The summed E-state index contributed by atoms with van der Waals surface area (Å²) >= 11 is -0.421. The lowest BCUT2D eigenvalue weighted by Gasteiger charge is -2.18. The van der Waals surface area contributed by atoms with Gasteiger partial charge in [0.25, 0.3) is 0 Å². The fraction of sp³-hybridized carbons (Fsp3) is 0.364. The molecule has 2 rings (SSSR count). The van der Waals surface area contributed by atoms with Crippen LogP contribution in [0.25, 0.3) is 0 Å². The zero-order valence-electron chi connectivity index (χ0n) is 17.2. The Morgan fingerprint density at radius 3 is 1.69 bits per heavy atom. The number of ether oxygens (including phenoxy) is 4. The average Bonchev–Trinajstić information content (AvgIpc) is 2.62. The van der Waals surface area contributed by atoms with Crippen LogP contribution in [-0.4, -0.2) is 24.5 Å². The van der Waals surface area contributed by atoms with Crippen molar-refractivity contribution in [2.45, 2.75) is 40.2 Å². The largest absolute Gasteiger partial charge is 0.514 e. The van der Waals surface area contributed by atoms with Gasteiger partial charge in [0.1, 0.15) is 17.1 Å². The molecule has 0 unspecified atom stereocenters. The van der Waals surface area contributed by atoms with Crippen LogP contribution in [0.3, 0.4) is 0 Å². The molecule has 0 amide bonds. The predicted molar refractivity (Wildman–Crippen MR) is 104 cm³/mol. The van der Waals surface area contributed by atoms with Gasteiger partial charge in [0.2, 0.25) is 0 Å². The first-order chi connectivity index (χ1) is 13.6. The molecule has 0 atom stereocenters. The second kappa shape index (κ2) is 10.5. The van der Waals surface area contributed by atoms with Crippen molar-refractivity contribution < 1.29 is 49.7 Å². The summed E-state index contributed by atoms with van der Waals surface area (Å²) in [5, 5.41) is 0. The third-order valence-electron chi connectivity index (χ3n) is 3.17. The minimum atomic E-state index is -0.720. The van der Waals surface area contributed by atoms with Gasteiger partial charge in [-0.3, -0.25) is 0 Å². The molecule has 29 heavy (non-hydrogen) atoms. The standard InChI is InChI=1S/C22H26IO6/c1-15(2)14-26-20(24)27-18-10-6-16(7-11-18)23-17-8-12-19(13-9-17)28-21(25)29-22(3,4)5/h6-13,15H,14H2,1-5H3/q+1. The van der Waals surface area contributed by atoms with Crippen LogP contribution in [0.15, 0.2) is 48.5 Å². The van der Waals surface area contributed by atoms with Crippen LogP contribution in [0.1, 0.15) is 34.6 Å². The van der Waals surface area contributed by atoms with Crippen molar-refractivity contribution >= 4 is 12.3 Å². The molecular weight excluding hydrogens is 487 g/mol. The molecule has 0 N–H and O–H groups in total. The molecule has 0 radical (unpaired) electrons. The summed E-state index contributed by atoms with van der Waals surface area (Å²) in [6.07, 6.45) is -1.41. The summed E-state index contributed by atoms with van der Waals surface area (Å²) < 4.78 is 22.8. The number of hydrogen-bond donors (Lipinski definition) is 0. The zero-order valence-corrected chi connectivity index (χ0v) is 19.4. The molecule has 0 aromatic heterocycles. The molecule has 0 aliphatic rings. The van der Waals surface area contributed by atoms with E-state index in [1.165, 1.54) is 0 Å². The van der Waals surface area contributed by atoms with Crippen molar-refractivity contribution in [3.63, 3.8) is 0 Å². The summed E-state index contributed by atoms with van der Waals surface area (Å²) in [6, 6.07) is 14.7. The molecule has 0 heterocycles. The van der Waals surface area contributed by atoms with E-state index in [1.54, 1.807) is 45.0 Å². The van der Waals surface area contributed by atoms with Gasteiger partial charge in [0.15, 0.2) is 7.14 Å². The second-order valence-corrected chi connectivity index (χ2v) is 10.7. The molecule has 0 spiro atoms. The number of hydrogen-bond acceptors (Lipinski definition) is 6. The van der Waals surface area contributed by atoms with Crippen molar-refractivity contribution in [1.29, 1.82) is 0 Å². The molecule has 2 aromatic rings. The van der Waals surface area contributed by atoms with Crippen LogP contribution in [-0.2, 0) is 9.47 Å². The second-order valence-electron chi connectivity index (χ2n) is 7.63. The fourth-order valence-corrected chi connectivity index (χ4v) is 4.14. The number of carbonyl (C=O) groups excluding carboxylic acids is 2. The Labute approximate surface area is 181 Å². The van der Waals surface area contributed by atoms with Crippen LogP contribution in [0.5, 0.6) is 11.5 Å². The van der Waals surface area contributed by atoms with E-state index < -0.39 is 39.1 Å². The molecule has 2 aromatic carbocycles. The van der Waals surface area contributed by atoms with Crippen molar-refractivity contribution in [2.75, 3.05) is 6.61 Å². The van der Waals surface area contributed by atoms with Crippen LogP contribution in [0.4, 0.5) is 9.59 Å². The maximum Gasteiger partial charge on any atom is 0.514 e. The topological polar surface area (TPSA) is 71.1 Å². The monoisotopic (exact) mass is 513 g/mol. The Kier molecular flexibility index (Phi) is 8.31. The van der Waals surface area contributed by atoms with E-state index >= 15 is 0 Å². The van der Waals surface area contributed by atoms with Gasteiger partial charge in [-0.05, 0) is 75.2 Å². The quantitative estimate of drug-likeness (QED) is 0.336. The summed E-state index contributed by atoms with van der Waals surface area (Å²) in [5.41, 5.74) is -0.594. The minimum Gasteiger partial charge on any atom is -0.434 e. The molecular formula is C22H26IO6+. The summed E-state index contributed by atoms with van der Waals surface area (Å²) in [4.78, 5) is 23.3. The Morgan fingerprint density at radius 2 is 1.28 bits per heavy atom. The normalized spacial score (nSPS) is 11.1. The molecule has 6 nitrogen and oxygen atoms in total. The Bertz CT molecular complexity index is 807. The van der Waals surface area contributed by atoms with E-state index in [9.17, 15) is 9.59 Å². The Balaban J connectivity index is 1.87. The molecule has 0 bridgehead atoms. The highest BCUT2D eigenvalue weighted by atomic mass is 127. The zero-order chi connectivity index (χ0) is 21.4. The molecule has 0 saturated carbocycles. The van der Waals surface area contributed by atoms with Crippen molar-refractivity contribution in [3.8, 4) is 11.5 Å². The highest BCUT2D eigenvalue weighted by Crippen LogP contribution is 2.13. The minimum absolute atomic E-state index is 0.260. The molecule has 0 saturated heterocycles. The Morgan fingerprint density at radius 1 is 0.828 bits per heavy atom. The third-order valence-corrected chi connectivity index (χ3v) is 5.86. The maximum absolute atomic E-state index is 11.7. The van der Waals surface area contributed by atoms with E-state index in [2.05, 4.69) is 0 Å². The van der Waals surface area contributed by atoms with Crippen molar-refractivity contribution in [1.82, 2.24) is 0 Å². The van der Waals surface area contributed by atoms with Gasteiger partial charge >= 0.3 is 33.5 Å². The van der Waals surface area contributed by atoms with Crippen molar-refractivity contribution in [2.24, 2.45) is 5.92 Å². The van der Waals surface area contributed by atoms with E-state index in [0.29, 0.717) is 18.1 Å². The highest BCUT2D eigenvalue weighted by molar-refractivity contribution is 5.64. The predicted octanol–water partition coefficient (Wildman–Crippen LogP) is 2.30. The van der Waals surface area contributed by atoms with Gasteiger partial charge in [0.05, 0.1) is 6.61 Å². The first-order valence-corrected chi connectivity index (χ1v) is 11.4. The van der Waals surface area contributed by atoms with Gasteiger partial charge in [-0.25, -0.2) is 9.59 Å². The first kappa shape index (κ1) is 23.0. The average molecular weight is 513 g/mol. The molecule has 156 valence electrons. The maximum atomic E-state index is 11.7. The highest BCUT2D eigenvalue weighted by Gasteiger charge is 2.20. The van der Waals surface area contributed by atoms with E-state index in [1.807, 2.05) is 38.1 Å². The fourth-order valence-electron chi connectivity index (χ4n) is 1.98. The third kappa shape index (κ3) is 9.17. The van der Waals surface area contributed by atoms with Gasteiger partial charge in [-0.1, -0.05) is 13.8 Å². The number of rotatable bonds is 6. The summed E-state index contributed by atoms with van der Waals surface area (Å²) in [5.74, 6) is 1.15. The van der Waals surface area contributed by atoms with Gasteiger partial charge < -0.3 is 18.9 Å². The van der Waals surface area contributed by atoms with Crippen LogP contribution in [0.2, 0.25) is 0 Å². The van der Waals surface area contributed by atoms with Crippen molar-refractivity contribution in [3.05, 3.63) is 55.7 Å². The lowest BCUT2D eigenvalue weighted by atomic mass is 10.2. The Hall–Kier alpha value is -2.29. The SMILES string of the molecule is CC(C)COC(=O)Oc1ccc([I+]c2ccc(OC(=O)OC(C)(C)C)cc2)cc1. The van der Waals surface area contributed by atoms with Gasteiger partial charge in [-0.15, -0.1) is 0 Å². The summed E-state index contributed by atoms with van der Waals surface area (Å²) in [6.45, 7) is 9.60. The molecule has 0 fully saturated rings. The number of carbonyl (C=O) groups is 2.